The number of nitrogens with zero attached hydrogens (tertiary/aromatic N) is 1. The molecule has 0 aromatic heterocycles. The van der Waals surface area contributed by atoms with Gasteiger partial charge in [0.1, 0.15) is 0 Å². The van der Waals surface area contributed by atoms with E-state index in [1.807, 2.05) is 7.11 Å². The molecule has 0 amide bonds. The molecule has 5 heteroatoms. The maximum absolute atomic E-state index is 10.6. The lowest BCUT2D eigenvalue weighted by molar-refractivity contribution is -0.267. The van der Waals surface area contributed by atoms with E-state index in [-0.39, 0.29) is 35.4 Å². The summed E-state index contributed by atoms with van der Waals surface area (Å²) in [5, 5.41) is 10.6. The van der Waals surface area contributed by atoms with Crippen LogP contribution in [-0.4, -0.2) is 66.7 Å². The second kappa shape index (κ2) is 4.70. The molecule has 3 saturated carbocycles. The lowest BCUT2D eigenvalue weighted by Crippen LogP contribution is -2.78. The quantitative estimate of drug-likeness (QED) is 0.745. The molecule has 2 saturated heterocycles. The van der Waals surface area contributed by atoms with Gasteiger partial charge in [-0.15, -0.1) is 0 Å². The minimum atomic E-state index is -0.325. The van der Waals surface area contributed by atoms with Crippen LogP contribution < -0.4 is 5.73 Å². The van der Waals surface area contributed by atoms with Gasteiger partial charge < -0.3 is 25.2 Å². The predicted octanol–water partition coefficient (Wildman–Crippen LogP) is 0.741. The summed E-state index contributed by atoms with van der Waals surface area (Å²) in [7, 11) is 4.15. The van der Waals surface area contributed by atoms with E-state index >= 15 is 0 Å². The molecular formula is C18H30N2O3. The zero-order valence-corrected chi connectivity index (χ0v) is 14.3. The van der Waals surface area contributed by atoms with Gasteiger partial charge in [-0.25, -0.2) is 0 Å². The molecule has 5 unspecified atom stereocenters. The van der Waals surface area contributed by atoms with Crippen molar-refractivity contribution in [2.45, 2.75) is 74.5 Å². The van der Waals surface area contributed by atoms with Crippen LogP contribution in [0.15, 0.2) is 0 Å². The summed E-state index contributed by atoms with van der Waals surface area (Å²) in [4.78, 5) is 2.53. The number of nitrogens with two attached hydrogens (primary N) is 1. The first-order valence-electron chi connectivity index (χ1n) is 9.39. The summed E-state index contributed by atoms with van der Waals surface area (Å²) >= 11 is 0. The number of hydrogen-bond acceptors (Lipinski definition) is 5. The first kappa shape index (κ1) is 15.1. The third-order valence-electron chi connectivity index (χ3n) is 8.35. The average molecular weight is 322 g/mol. The number of likely N-dealkylation sites (tertiary alicyclic amines) is 1. The molecule has 1 spiro atoms. The summed E-state index contributed by atoms with van der Waals surface area (Å²) in [6.45, 7) is 1.09. The molecule has 3 N–H and O–H groups in total. The SMILES string of the molecule is CO[C@]12CC[C@@H](N)[C@@H]3OC4C(O)CCC5CC1N(C)CC[C@]32C54. The monoisotopic (exact) mass is 322 g/mol. The highest BCUT2D eigenvalue weighted by Crippen LogP contribution is 2.70. The standard InChI is InChI=1S/C18H30N2O3/c1-20-8-7-17-14-10-3-4-12(21)15(14)23-16(17)11(19)5-6-18(17,22-2)13(20)9-10/h10-16,21H,3-9,19H2,1-2H3/t10?,11-,12?,13?,14?,15?,16+,17+,18-/m1/s1. The van der Waals surface area contributed by atoms with Crippen LogP contribution in [0.3, 0.4) is 0 Å². The van der Waals surface area contributed by atoms with Crippen molar-refractivity contribution in [1.82, 2.24) is 4.90 Å². The van der Waals surface area contributed by atoms with Crippen molar-refractivity contribution in [1.29, 1.82) is 0 Å². The molecule has 0 aromatic carbocycles. The van der Waals surface area contributed by atoms with E-state index in [4.69, 9.17) is 15.2 Å². The largest absolute Gasteiger partial charge is 0.390 e. The lowest BCUT2D eigenvalue weighted by Gasteiger charge is -2.69. The average Bonchev–Trinajstić information content (AvgIpc) is 2.91. The molecule has 5 fully saturated rings. The second-order valence-corrected chi connectivity index (χ2v) is 8.77. The topological polar surface area (TPSA) is 68.0 Å². The van der Waals surface area contributed by atoms with Crippen molar-refractivity contribution in [3.05, 3.63) is 0 Å². The Morgan fingerprint density at radius 3 is 2.87 bits per heavy atom. The summed E-state index contributed by atoms with van der Waals surface area (Å²) in [5.41, 5.74) is 6.41. The highest BCUT2D eigenvalue weighted by atomic mass is 16.5. The number of piperidine rings is 1. The van der Waals surface area contributed by atoms with Gasteiger partial charge in [0.15, 0.2) is 0 Å². The Hall–Kier alpha value is -0.200. The Bertz CT molecular complexity index is 516. The van der Waals surface area contributed by atoms with Crippen LogP contribution in [0.5, 0.6) is 0 Å². The molecule has 5 nitrogen and oxygen atoms in total. The van der Waals surface area contributed by atoms with Crippen molar-refractivity contribution in [2.24, 2.45) is 23.0 Å². The number of rotatable bonds is 1. The minimum Gasteiger partial charge on any atom is -0.390 e. The summed E-state index contributed by atoms with van der Waals surface area (Å²) in [6.07, 6.45) is 5.98. The molecule has 0 aromatic rings. The van der Waals surface area contributed by atoms with Crippen LogP contribution >= 0.6 is 0 Å². The van der Waals surface area contributed by atoms with E-state index in [2.05, 4.69) is 11.9 Å². The van der Waals surface area contributed by atoms with Gasteiger partial charge in [0.2, 0.25) is 0 Å². The number of hydrogen-bond donors (Lipinski definition) is 2. The van der Waals surface area contributed by atoms with Crippen molar-refractivity contribution in [2.75, 3.05) is 20.7 Å². The van der Waals surface area contributed by atoms with Crippen molar-refractivity contribution < 1.29 is 14.6 Å². The Balaban J connectivity index is 1.71. The lowest BCUT2D eigenvalue weighted by atomic mass is 9.42. The van der Waals surface area contributed by atoms with Gasteiger partial charge >= 0.3 is 0 Å². The third-order valence-corrected chi connectivity index (χ3v) is 8.35. The molecule has 130 valence electrons. The van der Waals surface area contributed by atoms with Crippen LogP contribution in [0.25, 0.3) is 0 Å². The second-order valence-electron chi connectivity index (χ2n) is 8.77. The van der Waals surface area contributed by atoms with Crippen LogP contribution in [0.4, 0.5) is 0 Å². The Labute approximate surface area is 138 Å². The molecule has 23 heavy (non-hydrogen) atoms. The van der Waals surface area contributed by atoms with Gasteiger partial charge in [-0.1, -0.05) is 0 Å². The fourth-order valence-corrected chi connectivity index (χ4v) is 7.60. The van der Waals surface area contributed by atoms with Crippen molar-refractivity contribution in [3.63, 3.8) is 0 Å². The van der Waals surface area contributed by atoms with E-state index in [0.29, 0.717) is 17.9 Å². The molecule has 0 radical (unpaired) electrons. The first-order chi connectivity index (χ1) is 11.0. The van der Waals surface area contributed by atoms with E-state index < -0.39 is 0 Å². The van der Waals surface area contributed by atoms with E-state index in [9.17, 15) is 5.11 Å². The third kappa shape index (κ3) is 1.53. The number of likely N-dealkylation sites (N-methyl/N-ethyl adjacent to an activating group) is 1. The summed E-state index contributed by atoms with van der Waals surface area (Å²) < 4.78 is 12.9. The van der Waals surface area contributed by atoms with Gasteiger partial charge in [0.25, 0.3) is 0 Å². The fourth-order valence-electron chi connectivity index (χ4n) is 7.60. The smallest absolute Gasteiger partial charge is 0.0919 e. The van der Waals surface area contributed by atoms with Gasteiger partial charge in [-0.05, 0) is 58.0 Å². The molecule has 2 heterocycles. The Morgan fingerprint density at radius 2 is 2.09 bits per heavy atom. The number of ether oxygens (including phenoxy) is 2. The first-order valence-corrected chi connectivity index (χ1v) is 9.39. The van der Waals surface area contributed by atoms with Crippen molar-refractivity contribution >= 4 is 0 Å². The van der Waals surface area contributed by atoms with Crippen LogP contribution in [0, 0.1) is 17.3 Å². The highest BCUT2D eigenvalue weighted by Gasteiger charge is 2.77. The molecule has 5 rings (SSSR count). The molecular weight excluding hydrogens is 292 g/mol. The number of methoxy groups -OCH3 is 1. The van der Waals surface area contributed by atoms with E-state index in [0.717, 1.165) is 38.6 Å². The zero-order chi connectivity index (χ0) is 16.0. The van der Waals surface area contributed by atoms with E-state index in [1.54, 1.807) is 0 Å². The maximum atomic E-state index is 10.6. The molecule has 3 aliphatic carbocycles. The highest BCUT2D eigenvalue weighted by molar-refractivity contribution is 5.27. The zero-order valence-electron chi connectivity index (χ0n) is 14.3. The van der Waals surface area contributed by atoms with Gasteiger partial charge in [-0.3, -0.25) is 0 Å². The minimum absolute atomic E-state index is 0.00553. The van der Waals surface area contributed by atoms with Gasteiger partial charge in [0.05, 0.1) is 23.9 Å². The van der Waals surface area contributed by atoms with Crippen molar-refractivity contribution in [3.8, 4) is 0 Å². The normalized spacial score (nSPS) is 61.3. The Kier molecular flexibility index (Phi) is 3.08. The van der Waals surface area contributed by atoms with Crippen LogP contribution in [0.2, 0.25) is 0 Å². The molecule has 5 aliphatic rings. The molecule has 2 bridgehead atoms. The molecule has 2 aliphatic heterocycles. The van der Waals surface area contributed by atoms with E-state index in [1.165, 1.54) is 6.42 Å². The molecule has 9 atom stereocenters. The van der Waals surface area contributed by atoms with Crippen LogP contribution in [-0.2, 0) is 9.47 Å². The number of aliphatic hydroxyl groups excluding tert-OH is 1. The Morgan fingerprint density at radius 1 is 1.26 bits per heavy atom. The fraction of sp³-hybridized carbons (Fsp3) is 1.00. The number of aliphatic hydroxyl groups is 1. The van der Waals surface area contributed by atoms with Gasteiger partial charge in [0, 0.05) is 30.5 Å². The predicted molar refractivity (Wildman–Crippen MR) is 85.9 cm³/mol. The summed E-state index contributed by atoms with van der Waals surface area (Å²) in [6, 6.07) is 0.550. The summed E-state index contributed by atoms with van der Waals surface area (Å²) in [5.74, 6) is 1.07. The van der Waals surface area contributed by atoms with Crippen LogP contribution in [0.1, 0.15) is 38.5 Å². The van der Waals surface area contributed by atoms with Gasteiger partial charge in [-0.2, -0.15) is 0 Å². The maximum Gasteiger partial charge on any atom is 0.0919 e.